The molecule has 0 bridgehead atoms. The molecular weight excluding hydrogens is 393 g/mol. The van der Waals surface area contributed by atoms with E-state index in [1.165, 1.54) is 12.1 Å². The molecule has 30 heavy (non-hydrogen) atoms. The molecule has 0 aromatic heterocycles. The summed E-state index contributed by atoms with van der Waals surface area (Å²) in [6, 6.07) is 9.49. The Morgan fingerprint density at radius 2 is 1.73 bits per heavy atom. The van der Waals surface area contributed by atoms with Gasteiger partial charge in [-0.25, -0.2) is 14.1 Å². The van der Waals surface area contributed by atoms with Crippen LogP contribution in [0.3, 0.4) is 0 Å². The highest BCUT2D eigenvalue weighted by Gasteiger charge is 2.43. The fourth-order valence-electron chi connectivity index (χ4n) is 4.00. The molecule has 2 saturated heterocycles. The summed E-state index contributed by atoms with van der Waals surface area (Å²) in [5, 5.41) is 18.9. The predicted octanol–water partition coefficient (Wildman–Crippen LogP) is 1.68. The number of carboxylic acids is 1. The molecule has 0 saturated carbocycles. The van der Waals surface area contributed by atoms with Gasteiger partial charge in [0.05, 0.1) is 23.8 Å². The van der Waals surface area contributed by atoms with Crippen molar-refractivity contribution in [1.29, 1.82) is 0 Å². The van der Waals surface area contributed by atoms with Crippen LogP contribution in [0.5, 0.6) is 5.75 Å². The normalized spacial score (nSPS) is 20.1. The van der Waals surface area contributed by atoms with Gasteiger partial charge in [-0.3, -0.25) is 14.5 Å². The summed E-state index contributed by atoms with van der Waals surface area (Å²) < 4.78 is 14.0. The van der Waals surface area contributed by atoms with Crippen LogP contribution < -0.4 is 9.80 Å². The standard InChI is InChI=1S/C21H20FN3O5/c22-15-3-1-2-4-16(15)23-7-9-24(10-8-23)17-12-19(27)25(20(17)28)13-5-6-14(21(29)30)18(26)11-13/h1-6,11,17,26H,7-10,12H2,(H,29,30). The Labute approximate surface area is 171 Å². The lowest BCUT2D eigenvalue weighted by atomic mass is 10.1. The van der Waals surface area contributed by atoms with Crippen LogP contribution >= 0.6 is 0 Å². The van der Waals surface area contributed by atoms with E-state index in [4.69, 9.17) is 5.11 Å². The number of amides is 2. The molecular formula is C21H20FN3O5. The molecule has 2 aliphatic rings. The topological polar surface area (TPSA) is 101 Å². The first-order valence-electron chi connectivity index (χ1n) is 9.53. The van der Waals surface area contributed by atoms with Gasteiger partial charge in [0.1, 0.15) is 17.1 Å². The monoisotopic (exact) mass is 413 g/mol. The largest absolute Gasteiger partial charge is 0.507 e. The van der Waals surface area contributed by atoms with Crippen LogP contribution in [0.4, 0.5) is 15.8 Å². The maximum atomic E-state index is 14.0. The fraction of sp³-hybridized carbons (Fsp3) is 0.286. The number of aromatic carboxylic acids is 1. The van der Waals surface area contributed by atoms with Crippen molar-refractivity contribution in [1.82, 2.24) is 4.90 Å². The van der Waals surface area contributed by atoms with Gasteiger partial charge >= 0.3 is 5.97 Å². The summed E-state index contributed by atoms with van der Waals surface area (Å²) >= 11 is 0. The molecule has 2 amide bonds. The minimum absolute atomic E-state index is 0.0000245. The number of aromatic hydroxyl groups is 1. The number of phenols is 1. The number of hydrogen-bond donors (Lipinski definition) is 2. The number of imide groups is 1. The number of halogens is 1. The summed E-state index contributed by atoms with van der Waals surface area (Å²) in [5.41, 5.74) is 0.347. The molecule has 0 radical (unpaired) electrons. The van der Waals surface area contributed by atoms with Crippen molar-refractivity contribution < 1.29 is 29.0 Å². The Morgan fingerprint density at radius 1 is 1.03 bits per heavy atom. The van der Waals surface area contributed by atoms with Crippen LogP contribution in [0.15, 0.2) is 42.5 Å². The molecule has 2 aromatic rings. The van der Waals surface area contributed by atoms with Crippen LogP contribution in [0.25, 0.3) is 0 Å². The van der Waals surface area contributed by atoms with Crippen molar-refractivity contribution in [3.63, 3.8) is 0 Å². The van der Waals surface area contributed by atoms with Gasteiger partial charge in [-0.15, -0.1) is 0 Å². The quantitative estimate of drug-likeness (QED) is 0.736. The van der Waals surface area contributed by atoms with E-state index >= 15 is 0 Å². The molecule has 156 valence electrons. The van der Waals surface area contributed by atoms with Crippen LogP contribution in [0, 0.1) is 5.82 Å². The van der Waals surface area contributed by atoms with Crippen molar-refractivity contribution in [3.05, 3.63) is 53.8 Å². The Hall–Kier alpha value is -3.46. The van der Waals surface area contributed by atoms with Crippen molar-refractivity contribution in [2.24, 2.45) is 0 Å². The summed E-state index contributed by atoms with van der Waals surface area (Å²) in [6.45, 7) is 2.03. The highest BCUT2D eigenvalue weighted by atomic mass is 19.1. The fourth-order valence-corrected chi connectivity index (χ4v) is 4.00. The van der Waals surface area contributed by atoms with Crippen molar-refractivity contribution in [3.8, 4) is 5.75 Å². The van der Waals surface area contributed by atoms with Crippen molar-refractivity contribution in [2.45, 2.75) is 12.5 Å². The lowest BCUT2D eigenvalue weighted by molar-refractivity contribution is -0.123. The number of benzene rings is 2. The van der Waals surface area contributed by atoms with E-state index in [9.17, 15) is 23.9 Å². The number of hydrogen-bond acceptors (Lipinski definition) is 6. The second-order valence-electron chi connectivity index (χ2n) is 7.27. The number of piperazine rings is 1. The van der Waals surface area contributed by atoms with E-state index in [1.54, 1.807) is 18.2 Å². The van der Waals surface area contributed by atoms with Crippen molar-refractivity contribution >= 4 is 29.2 Å². The van der Waals surface area contributed by atoms with E-state index in [0.717, 1.165) is 17.0 Å². The Bertz CT molecular complexity index is 1020. The van der Waals surface area contributed by atoms with Crippen molar-refractivity contribution in [2.75, 3.05) is 36.0 Å². The molecule has 2 aromatic carbocycles. The van der Waals surface area contributed by atoms with Gasteiger partial charge in [0.2, 0.25) is 5.91 Å². The van der Waals surface area contributed by atoms with Gasteiger partial charge in [-0.05, 0) is 24.3 Å². The molecule has 2 heterocycles. The number of nitrogens with zero attached hydrogens (tertiary/aromatic N) is 3. The second-order valence-corrected chi connectivity index (χ2v) is 7.27. The Kier molecular flexibility index (Phi) is 5.13. The SMILES string of the molecule is O=C(O)c1ccc(N2C(=O)CC(N3CCN(c4ccccc4F)CC3)C2=O)cc1O. The van der Waals surface area contributed by atoms with Gasteiger partial charge in [0.15, 0.2) is 0 Å². The molecule has 8 nitrogen and oxygen atoms in total. The molecule has 0 spiro atoms. The number of carbonyl (C=O) groups is 3. The summed E-state index contributed by atoms with van der Waals surface area (Å²) in [4.78, 5) is 41.3. The maximum Gasteiger partial charge on any atom is 0.339 e. The molecule has 0 aliphatic carbocycles. The first kappa shape index (κ1) is 19.8. The summed E-state index contributed by atoms with van der Waals surface area (Å²) in [6.07, 6.45) is -0.0000245. The summed E-state index contributed by atoms with van der Waals surface area (Å²) in [7, 11) is 0. The van der Waals surface area contributed by atoms with Gasteiger partial charge in [0, 0.05) is 32.2 Å². The molecule has 4 rings (SSSR count). The van der Waals surface area contributed by atoms with Gasteiger partial charge < -0.3 is 15.1 Å². The number of carboxylic acid groups (broad SMARTS) is 1. The van der Waals surface area contributed by atoms with Gasteiger partial charge in [-0.2, -0.15) is 0 Å². The smallest absolute Gasteiger partial charge is 0.339 e. The maximum absolute atomic E-state index is 14.0. The van der Waals surface area contributed by atoms with Crippen LogP contribution in [0.2, 0.25) is 0 Å². The van der Waals surface area contributed by atoms with E-state index < -0.39 is 29.6 Å². The average Bonchev–Trinajstić information content (AvgIpc) is 3.02. The summed E-state index contributed by atoms with van der Waals surface area (Å²) in [5.74, 6) is -2.94. The van der Waals surface area contributed by atoms with Crippen LogP contribution in [-0.4, -0.2) is 65.1 Å². The average molecular weight is 413 g/mol. The van der Waals surface area contributed by atoms with Crippen LogP contribution in [-0.2, 0) is 9.59 Å². The third kappa shape index (κ3) is 3.48. The third-order valence-electron chi connectivity index (χ3n) is 5.54. The first-order valence-corrected chi connectivity index (χ1v) is 9.53. The van der Waals surface area contributed by atoms with E-state index in [1.807, 2.05) is 9.80 Å². The minimum atomic E-state index is -1.30. The minimum Gasteiger partial charge on any atom is -0.507 e. The molecule has 9 heteroatoms. The van der Waals surface area contributed by atoms with E-state index in [0.29, 0.717) is 31.9 Å². The van der Waals surface area contributed by atoms with Gasteiger partial charge in [0.25, 0.3) is 5.91 Å². The molecule has 2 aliphatic heterocycles. The zero-order valence-corrected chi connectivity index (χ0v) is 16.0. The predicted molar refractivity (Wildman–Crippen MR) is 106 cm³/mol. The molecule has 1 unspecified atom stereocenters. The third-order valence-corrected chi connectivity index (χ3v) is 5.54. The number of rotatable bonds is 4. The van der Waals surface area contributed by atoms with E-state index in [2.05, 4.69) is 0 Å². The molecule has 2 fully saturated rings. The number of anilines is 2. The van der Waals surface area contributed by atoms with Gasteiger partial charge in [-0.1, -0.05) is 12.1 Å². The first-order chi connectivity index (χ1) is 14.4. The Morgan fingerprint density at radius 3 is 2.37 bits per heavy atom. The highest BCUT2D eigenvalue weighted by molar-refractivity contribution is 6.22. The van der Waals surface area contributed by atoms with Crippen LogP contribution in [0.1, 0.15) is 16.8 Å². The lowest BCUT2D eigenvalue weighted by Crippen LogP contribution is -2.52. The highest BCUT2D eigenvalue weighted by Crippen LogP contribution is 2.31. The molecule has 2 N–H and O–H groups in total. The lowest BCUT2D eigenvalue weighted by Gasteiger charge is -2.38. The zero-order chi connectivity index (χ0) is 21.4. The number of para-hydroxylation sites is 1. The second kappa shape index (κ2) is 7.75. The molecule has 1 atom stereocenters. The number of carbonyl (C=O) groups excluding carboxylic acids is 2. The van der Waals surface area contributed by atoms with E-state index in [-0.39, 0.29) is 23.5 Å². The Balaban J connectivity index is 1.47. The zero-order valence-electron chi connectivity index (χ0n) is 16.0.